The number of nitrogens with zero attached hydrogens (tertiary/aromatic N) is 3. The second-order valence-electron chi connectivity index (χ2n) is 3.89. The smallest absolute Gasteiger partial charge is 0.124 e. The molecule has 2 rings (SSSR count). The lowest BCUT2D eigenvalue weighted by molar-refractivity contribution is 0.171. The van der Waals surface area contributed by atoms with Crippen LogP contribution in [0.1, 0.15) is 17.4 Å². The number of pyridine rings is 1. The van der Waals surface area contributed by atoms with Gasteiger partial charge < -0.3 is 9.84 Å². The van der Waals surface area contributed by atoms with Crippen LogP contribution >= 0.6 is 23.2 Å². The second kappa shape index (κ2) is 6.34. The minimum Gasteiger partial charge on any atom is -0.383 e. The third-order valence-corrected chi connectivity index (χ3v) is 3.30. The van der Waals surface area contributed by atoms with E-state index in [1.54, 1.807) is 24.1 Å². The molecule has 1 atom stereocenters. The molecule has 0 saturated heterocycles. The summed E-state index contributed by atoms with van der Waals surface area (Å²) in [7, 11) is 1.60. The third-order valence-electron chi connectivity index (χ3n) is 2.70. The van der Waals surface area contributed by atoms with Gasteiger partial charge >= 0.3 is 0 Å². The summed E-state index contributed by atoms with van der Waals surface area (Å²) in [5, 5.41) is 15.3. The predicted molar refractivity (Wildman–Crippen MR) is 72.4 cm³/mol. The second-order valence-corrected chi connectivity index (χ2v) is 4.71. The molecular weight excluding hydrogens is 289 g/mol. The molecule has 0 aromatic carbocycles. The Hall–Kier alpha value is -1.14. The lowest BCUT2D eigenvalue weighted by atomic mass is 10.1. The molecule has 5 nitrogen and oxygen atoms in total. The number of aliphatic hydroxyl groups excluding tert-OH is 1. The number of hydrogen-bond acceptors (Lipinski definition) is 4. The summed E-state index contributed by atoms with van der Waals surface area (Å²) in [6.07, 6.45) is 3.57. The normalized spacial score (nSPS) is 12.6. The van der Waals surface area contributed by atoms with Gasteiger partial charge in [-0.2, -0.15) is 5.10 Å². The summed E-state index contributed by atoms with van der Waals surface area (Å²) in [5.74, 6) is 0. The van der Waals surface area contributed by atoms with Crippen molar-refractivity contribution in [2.24, 2.45) is 0 Å². The highest BCUT2D eigenvalue weighted by molar-refractivity contribution is 6.32. The van der Waals surface area contributed by atoms with Crippen LogP contribution < -0.4 is 0 Å². The minimum absolute atomic E-state index is 0.380. The van der Waals surface area contributed by atoms with Gasteiger partial charge in [0.1, 0.15) is 6.10 Å². The van der Waals surface area contributed by atoms with Crippen LogP contribution in [0.25, 0.3) is 0 Å². The van der Waals surface area contributed by atoms with Crippen molar-refractivity contribution >= 4 is 23.2 Å². The zero-order chi connectivity index (χ0) is 13.8. The van der Waals surface area contributed by atoms with Gasteiger partial charge in [-0.1, -0.05) is 23.2 Å². The van der Waals surface area contributed by atoms with Crippen LogP contribution in [0.5, 0.6) is 0 Å². The van der Waals surface area contributed by atoms with Crippen LogP contribution in [0.4, 0.5) is 0 Å². The van der Waals surface area contributed by atoms with E-state index < -0.39 is 6.10 Å². The van der Waals surface area contributed by atoms with Crippen molar-refractivity contribution in [1.82, 2.24) is 14.8 Å². The molecule has 19 heavy (non-hydrogen) atoms. The topological polar surface area (TPSA) is 60.2 Å². The number of rotatable bonds is 5. The maximum atomic E-state index is 10.4. The van der Waals surface area contributed by atoms with E-state index in [0.29, 0.717) is 34.5 Å². The van der Waals surface area contributed by atoms with Gasteiger partial charge in [0.25, 0.3) is 0 Å². The zero-order valence-electron chi connectivity index (χ0n) is 10.3. The fourth-order valence-electron chi connectivity index (χ4n) is 1.75. The number of methoxy groups -OCH3 is 1. The standard InChI is InChI=1S/C12H13Cl2N3O2/c1-19-5-4-17-11(10(14)7-16-17)12(18)8-2-3-15-6-9(8)13/h2-3,6-7,12,18H,4-5H2,1H3. The molecule has 1 unspecified atom stereocenters. The molecule has 2 heterocycles. The minimum atomic E-state index is -0.956. The summed E-state index contributed by atoms with van der Waals surface area (Å²) in [6.45, 7) is 0.972. The predicted octanol–water partition coefficient (Wildman–Crippen LogP) is 2.31. The largest absolute Gasteiger partial charge is 0.383 e. The summed E-state index contributed by atoms with van der Waals surface area (Å²) in [5.41, 5.74) is 1.03. The van der Waals surface area contributed by atoms with Crippen molar-refractivity contribution < 1.29 is 9.84 Å². The summed E-state index contributed by atoms with van der Waals surface area (Å²) in [6, 6.07) is 1.65. The Morgan fingerprint density at radius 3 is 2.84 bits per heavy atom. The molecule has 0 amide bonds. The van der Waals surface area contributed by atoms with Gasteiger partial charge in [0.15, 0.2) is 0 Å². The highest BCUT2D eigenvalue weighted by Crippen LogP contribution is 2.31. The van der Waals surface area contributed by atoms with Gasteiger partial charge in [-0.05, 0) is 6.07 Å². The van der Waals surface area contributed by atoms with Crippen LogP contribution in [-0.2, 0) is 11.3 Å². The Morgan fingerprint density at radius 1 is 1.37 bits per heavy atom. The lowest BCUT2D eigenvalue weighted by Gasteiger charge is -2.15. The van der Waals surface area contributed by atoms with Gasteiger partial charge in [0.05, 0.1) is 35.1 Å². The molecule has 0 spiro atoms. The number of hydrogen-bond donors (Lipinski definition) is 1. The van der Waals surface area contributed by atoms with Gasteiger partial charge in [0.2, 0.25) is 0 Å². The van der Waals surface area contributed by atoms with E-state index in [9.17, 15) is 5.11 Å². The molecule has 0 fully saturated rings. The van der Waals surface area contributed by atoms with E-state index in [0.717, 1.165) is 0 Å². The molecule has 0 aliphatic rings. The molecule has 0 aliphatic carbocycles. The van der Waals surface area contributed by atoms with E-state index in [-0.39, 0.29) is 0 Å². The molecule has 2 aromatic rings. The number of aromatic nitrogens is 3. The molecule has 0 radical (unpaired) electrons. The molecule has 0 bridgehead atoms. The first-order chi connectivity index (χ1) is 9.15. The highest BCUT2D eigenvalue weighted by Gasteiger charge is 2.21. The summed E-state index contributed by atoms with van der Waals surface area (Å²) >= 11 is 12.1. The Labute approximate surface area is 120 Å². The zero-order valence-corrected chi connectivity index (χ0v) is 11.8. The maximum Gasteiger partial charge on any atom is 0.124 e. The fraction of sp³-hybridized carbons (Fsp3) is 0.333. The maximum absolute atomic E-state index is 10.4. The first kappa shape index (κ1) is 14.3. The monoisotopic (exact) mass is 301 g/mol. The van der Waals surface area contributed by atoms with Crippen molar-refractivity contribution in [1.29, 1.82) is 0 Å². The SMILES string of the molecule is COCCn1ncc(Cl)c1C(O)c1ccncc1Cl. The van der Waals surface area contributed by atoms with Crippen LogP contribution in [-0.4, -0.2) is 33.6 Å². The number of halogens is 2. The first-order valence-electron chi connectivity index (χ1n) is 5.62. The Kier molecular flexibility index (Phi) is 4.76. The fourth-order valence-corrected chi connectivity index (χ4v) is 2.22. The lowest BCUT2D eigenvalue weighted by Crippen LogP contribution is -2.14. The third kappa shape index (κ3) is 3.06. The summed E-state index contributed by atoms with van der Waals surface area (Å²) in [4.78, 5) is 3.88. The van der Waals surface area contributed by atoms with Crippen LogP contribution in [0.2, 0.25) is 10.0 Å². The van der Waals surface area contributed by atoms with E-state index in [1.807, 2.05) is 0 Å². The van der Waals surface area contributed by atoms with Crippen molar-refractivity contribution in [2.45, 2.75) is 12.6 Å². The van der Waals surface area contributed by atoms with Crippen LogP contribution in [0.3, 0.4) is 0 Å². The molecular formula is C12H13Cl2N3O2. The van der Waals surface area contributed by atoms with Crippen molar-refractivity contribution in [3.05, 3.63) is 46.0 Å². The van der Waals surface area contributed by atoms with E-state index in [4.69, 9.17) is 27.9 Å². The Bertz CT molecular complexity index is 560. The van der Waals surface area contributed by atoms with E-state index in [2.05, 4.69) is 10.1 Å². The van der Waals surface area contributed by atoms with Crippen molar-refractivity contribution in [3.63, 3.8) is 0 Å². The van der Waals surface area contributed by atoms with Crippen LogP contribution in [0, 0.1) is 0 Å². The van der Waals surface area contributed by atoms with Gasteiger partial charge in [-0.25, -0.2) is 0 Å². The van der Waals surface area contributed by atoms with Crippen molar-refractivity contribution in [3.8, 4) is 0 Å². The van der Waals surface area contributed by atoms with Crippen LogP contribution in [0.15, 0.2) is 24.7 Å². The van der Waals surface area contributed by atoms with Gasteiger partial charge in [0, 0.05) is 25.1 Å². The molecule has 102 valence electrons. The number of ether oxygens (including phenoxy) is 1. The average molecular weight is 302 g/mol. The Morgan fingerprint density at radius 2 is 2.16 bits per heavy atom. The average Bonchev–Trinajstić information content (AvgIpc) is 2.77. The molecule has 0 aliphatic heterocycles. The summed E-state index contributed by atoms with van der Waals surface area (Å²) < 4.78 is 6.60. The first-order valence-corrected chi connectivity index (χ1v) is 6.38. The van der Waals surface area contributed by atoms with E-state index >= 15 is 0 Å². The highest BCUT2D eigenvalue weighted by atomic mass is 35.5. The van der Waals surface area contributed by atoms with Crippen molar-refractivity contribution in [2.75, 3.05) is 13.7 Å². The van der Waals surface area contributed by atoms with Gasteiger partial charge in [-0.15, -0.1) is 0 Å². The molecule has 2 aromatic heterocycles. The molecule has 1 N–H and O–H groups in total. The quantitative estimate of drug-likeness (QED) is 0.921. The number of aliphatic hydroxyl groups is 1. The van der Waals surface area contributed by atoms with Gasteiger partial charge in [-0.3, -0.25) is 9.67 Å². The Balaban J connectivity index is 2.35. The molecule has 7 heteroatoms. The molecule has 0 saturated carbocycles. The van der Waals surface area contributed by atoms with E-state index in [1.165, 1.54) is 12.4 Å².